The number of carbonyl (C=O) groups is 2. The van der Waals surface area contributed by atoms with Gasteiger partial charge in [-0.05, 0) is 18.4 Å². The number of hydrogen-bond acceptors (Lipinski definition) is 2. The lowest BCUT2D eigenvalue weighted by atomic mass is 10.1. The smallest absolute Gasteiger partial charge is 0.407 e. The number of likely N-dealkylation sites (tertiary alicyclic amines) is 1. The second kappa shape index (κ2) is 5.15. The zero-order valence-corrected chi connectivity index (χ0v) is 11.2. The van der Waals surface area contributed by atoms with Gasteiger partial charge in [-0.1, -0.05) is 30.3 Å². The van der Waals surface area contributed by atoms with E-state index in [4.69, 9.17) is 0 Å². The minimum absolute atomic E-state index is 0.0943. The third-order valence-electron chi connectivity index (χ3n) is 4.01. The Hall–Kier alpha value is -2.04. The fraction of sp³-hybridized carbons (Fsp3) is 0.467. The lowest BCUT2D eigenvalue weighted by Crippen LogP contribution is -2.41. The van der Waals surface area contributed by atoms with E-state index in [0.29, 0.717) is 25.6 Å². The molecule has 1 saturated heterocycles. The summed E-state index contributed by atoms with van der Waals surface area (Å²) in [5, 5.41) is 9.42. The minimum atomic E-state index is -0.954. The number of carboxylic acid groups (broad SMARTS) is 1. The highest BCUT2D eigenvalue weighted by Gasteiger charge is 2.42. The summed E-state index contributed by atoms with van der Waals surface area (Å²) in [4.78, 5) is 26.7. The Labute approximate surface area is 117 Å². The summed E-state index contributed by atoms with van der Waals surface area (Å²) in [6.07, 6.45) is 1.48. The Morgan fingerprint density at radius 3 is 2.60 bits per heavy atom. The van der Waals surface area contributed by atoms with Crippen LogP contribution >= 0.6 is 0 Å². The average Bonchev–Trinajstić information content (AvgIpc) is 3.20. The van der Waals surface area contributed by atoms with Gasteiger partial charge < -0.3 is 10.0 Å². The predicted molar refractivity (Wildman–Crippen MR) is 73.1 cm³/mol. The normalized spacial score (nSPS) is 22.1. The lowest BCUT2D eigenvalue weighted by molar-refractivity contribution is -0.128. The van der Waals surface area contributed by atoms with Crippen LogP contribution in [-0.4, -0.2) is 45.5 Å². The van der Waals surface area contributed by atoms with Crippen LogP contribution in [0.15, 0.2) is 30.3 Å². The van der Waals surface area contributed by atoms with Crippen molar-refractivity contribution in [1.82, 2.24) is 9.80 Å². The molecule has 20 heavy (non-hydrogen) atoms. The van der Waals surface area contributed by atoms with Crippen molar-refractivity contribution in [2.45, 2.75) is 37.9 Å². The summed E-state index contributed by atoms with van der Waals surface area (Å²) in [5.41, 5.74) is 0.951. The van der Waals surface area contributed by atoms with E-state index in [0.717, 1.165) is 18.4 Å². The summed E-state index contributed by atoms with van der Waals surface area (Å²) < 4.78 is 0. The Morgan fingerprint density at radius 2 is 2.00 bits per heavy atom. The molecule has 0 spiro atoms. The third kappa shape index (κ3) is 2.61. The molecule has 5 nitrogen and oxygen atoms in total. The van der Waals surface area contributed by atoms with Gasteiger partial charge in [-0.2, -0.15) is 0 Å². The molecule has 2 aliphatic rings. The maximum absolute atomic E-state index is 12.0. The molecule has 3 rings (SSSR count). The summed E-state index contributed by atoms with van der Waals surface area (Å²) in [7, 11) is 0. The second-order valence-corrected chi connectivity index (χ2v) is 5.53. The monoisotopic (exact) mass is 274 g/mol. The van der Waals surface area contributed by atoms with Crippen LogP contribution in [0, 0.1) is 0 Å². The van der Waals surface area contributed by atoms with Crippen molar-refractivity contribution in [1.29, 1.82) is 0 Å². The van der Waals surface area contributed by atoms with Gasteiger partial charge in [0.05, 0.1) is 6.04 Å². The molecule has 1 aromatic carbocycles. The average molecular weight is 274 g/mol. The number of amides is 2. The van der Waals surface area contributed by atoms with Crippen LogP contribution in [-0.2, 0) is 11.3 Å². The van der Waals surface area contributed by atoms with Gasteiger partial charge in [0.1, 0.15) is 0 Å². The summed E-state index contributed by atoms with van der Waals surface area (Å²) in [5.74, 6) is 0.0943. The molecular formula is C15H18N2O3. The van der Waals surface area contributed by atoms with Crippen molar-refractivity contribution in [3.05, 3.63) is 35.9 Å². The van der Waals surface area contributed by atoms with E-state index in [1.165, 1.54) is 4.90 Å². The molecule has 2 fully saturated rings. The molecule has 1 N–H and O–H groups in total. The van der Waals surface area contributed by atoms with Crippen molar-refractivity contribution in [2.75, 3.05) is 6.54 Å². The maximum Gasteiger partial charge on any atom is 0.407 e. The Morgan fingerprint density at radius 1 is 1.30 bits per heavy atom. The fourth-order valence-electron chi connectivity index (χ4n) is 2.79. The van der Waals surface area contributed by atoms with Crippen molar-refractivity contribution in [2.24, 2.45) is 0 Å². The van der Waals surface area contributed by atoms with Crippen molar-refractivity contribution in [3.63, 3.8) is 0 Å². The molecule has 2 amide bonds. The van der Waals surface area contributed by atoms with Crippen LogP contribution in [0.2, 0.25) is 0 Å². The standard InChI is InChI=1S/C15H18N2O3/c18-14-8-13(10-16(14)12-6-7-12)17(15(19)20)9-11-4-2-1-3-5-11/h1-5,12-13H,6-10H2,(H,19,20)/t13-/m1/s1. The molecule has 106 valence electrons. The molecule has 0 unspecified atom stereocenters. The van der Waals surface area contributed by atoms with E-state index in [1.807, 2.05) is 35.2 Å². The number of rotatable bonds is 4. The summed E-state index contributed by atoms with van der Waals surface area (Å²) in [6.45, 7) is 0.884. The Kier molecular flexibility index (Phi) is 3.34. The third-order valence-corrected chi connectivity index (χ3v) is 4.01. The van der Waals surface area contributed by atoms with Crippen LogP contribution in [0.25, 0.3) is 0 Å². The number of benzene rings is 1. The van der Waals surface area contributed by atoms with Crippen LogP contribution in [0.3, 0.4) is 0 Å². The van der Waals surface area contributed by atoms with E-state index >= 15 is 0 Å². The molecule has 5 heteroatoms. The van der Waals surface area contributed by atoms with E-state index in [-0.39, 0.29) is 11.9 Å². The van der Waals surface area contributed by atoms with E-state index in [9.17, 15) is 14.7 Å². The van der Waals surface area contributed by atoms with Crippen LogP contribution in [0.5, 0.6) is 0 Å². The molecule has 1 atom stereocenters. The van der Waals surface area contributed by atoms with Crippen molar-refractivity contribution < 1.29 is 14.7 Å². The first-order valence-corrected chi connectivity index (χ1v) is 6.98. The van der Waals surface area contributed by atoms with E-state index in [2.05, 4.69) is 0 Å². The van der Waals surface area contributed by atoms with Gasteiger partial charge in [-0.3, -0.25) is 9.69 Å². The first kappa shape index (κ1) is 13.0. The van der Waals surface area contributed by atoms with Crippen molar-refractivity contribution >= 4 is 12.0 Å². The summed E-state index contributed by atoms with van der Waals surface area (Å²) >= 11 is 0. The van der Waals surface area contributed by atoms with Crippen molar-refractivity contribution in [3.8, 4) is 0 Å². The minimum Gasteiger partial charge on any atom is -0.465 e. The van der Waals surface area contributed by atoms with Gasteiger partial charge >= 0.3 is 6.09 Å². The van der Waals surface area contributed by atoms with E-state index < -0.39 is 6.09 Å². The molecule has 1 aromatic rings. The first-order chi connectivity index (χ1) is 9.65. The first-order valence-electron chi connectivity index (χ1n) is 6.98. The molecule has 1 aliphatic heterocycles. The SMILES string of the molecule is O=C1C[C@@H](N(Cc2ccccc2)C(=O)O)CN1C1CC1. The predicted octanol–water partition coefficient (Wildman–Crippen LogP) is 1.93. The zero-order valence-electron chi connectivity index (χ0n) is 11.2. The number of nitrogens with zero attached hydrogens (tertiary/aromatic N) is 2. The number of hydrogen-bond donors (Lipinski definition) is 1. The quantitative estimate of drug-likeness (QED) is 0.912. The van der Waals surface area contributed by atoms with Gasteiger partial charge in [0, 0.05) is 25.6 Å². The largest absolute Gasteiger partial charge is 0.465 e. The van der Waals surface area contributed by atoms with Gasteiger partial charge in [0.2, 0.25) is 5.91 Å². The Balaban J connectivity index is 1.71. The van der Waals surface area contributed by atoms with Crippen LogP contribution < -0.4 is 0 Å². The molecule has 0 radical (unpaired) electrons. The topological polar surface area (TPSA) is 60.9 Å². The maximum atomic E-state index is 12.0. The molecule has 1 heterocycles. The lowest BCUT2D eigenvalue weighted by Gasteiger charge is -2.26. The highest BCUT2D eigenvalue weighted by Crippen LogP contribution is 2.32. The molecular weight excluding hydrogens is 256 g/mol. The van der Waals surface area contributed by atoms with Crippen LogP contribution in [0.1, 0.15) is 24.8 Å². The van der Waals surface area contributed by atoms with E-state index in [1.54, 1.807) is 0 Å². The summed E-state index contributed by atoms with van der Waals surface area (Å²) in [6, 6.07) is 9.65. The molecule has 0 aromatic heterocycles. The highest BCUT2D eigenvalue weighted by atomic mass is 16.4. The van der Waals surface area contributed by atoms with Gasteiger partial charge in [-0.25, -0.2) is 4.79 Å². The van der Waals surface area contributed by atoms with Crippen LogP contribution in [0.4, 0.5) is 4.79 Å². The molecule has 0 bridgehead atoms. The van der Waals surface area contributed by atoms with Gasteiger partial charge in [0.15, 0.2) is 0 Å². The van der Waals surface area contributed by atoms with Gasteiger partial charge in [-0.15, -0.1) is 0 Å². The second-order valence-electron chi connectivity index (χ2n) is 5.53. The fourth-order valence-corrected chi connectivity index (χ4v) is 2.79. The van der Waals surface area contributed by atoms with Gasteiger partial charge in [0.25, 0.3) is 0 Å². The molecule has 1 aliphatic carbocycles. The highest BCUT2D eigenvalue weighted by molar-refractivity contribution is 5.81. The zero-order chi connectivity index (χ0) is 14.1. The Bertz CT molecular complexity index is 513. The number of carbonyl (C=O) groups excluding carboxylic acids is 1. The molecule has 1 saturated carbocycles.